The minimum atomic E-state index is -0.566. The van der Waals surface area contributed by atoms with E-state index in [4.69, 9.17) is 9.15 Å². The van der Waals surface area contributed by atoms with Crippen LogP contribution < -0.4 is 5.63 Å². The molecule has 0 radical (unpaired) electrons. The summed E-state index contributed by atoms with van der Waals surface area (Å²) in [6.45, 7) is 1.61. The van der Waals surface area contributed by atoms with Gasteiger partial charge in [-0.25, -0.2) is 4.79 Å². The molecular weight excluding hydrogens is 330 g/mol. The molecule has 0 bridgehead atoms. The molecule has 1 aliphatic heterocycles. The average molecular weight is 355 g/mol. The van der Waals surface area contributed by atoms with Gasteiger partial charge in [0.2, 0.25) is 0 Å². The highest BCUT2D eigenvalue weighted by molar-refractivity contribution is 5.96. The maximum Gasteiger partial charge on any atom is 0.349 e. The Hall–Kier alpha value is -2.14. The van der Waals surface area contributed by atoms with Crippen molar-refractivity contribution in [1.82, 2.24) is 4.90 Å². The third kappa shape index (κ3) is 3.68. The van der Waals surface area contributed by atoms with Gasteiger partial charge in [-0.1, -0.05) is 50.3 Å². The zero-order chi connectivity index (χ0) is 17.9. The Morgan fingerprint density at radius 1 is 1.15 bits per heavy atom. The van der Waals surface area contributed by atoms with Crippen molar-refractivity contribution in [3.8, 4) is 0 Å². The fourth-order valence-electron chi connectivity index (χ4n) is 4.22. The Morgan fingerprint density at radius 2 is 1.96 bits per heavy atom. The second-order valence-electron chi connectivity index (χ2n) is 7.47. The standard InChI is InChI=1S/C21H25NO4/c23-20(18-13-16-8-4-5-9-19(16)26-21(18)24)22-10-11-25-17(14-22)12-15-6-2-1-3-7-15/h4-5,8-9,13,15,17H,1-3,6-7,10-12,14H2/t17-/m1/s1. The summed E-state index contributed by atoms with van der Waals surface area (Å²) in [6.07, 6.45) is 7.56. The molecule has 5 nitrogen and oxygen atoms in total. The molecule has 1 aromatic carbocycles. The zero-order valence-electron chi connectivity index (χ0n) is 15.0. The van der Waals surface area contributed by atoms with Crippen LogP contribution in [0.5, 0.6) is 0 Å². The summed E-state index contributed by atoms with van der Waals surface area (Å²) in [6, 6.07) is 8.91. The van der Waals surface area contributed by atoms with E-state index in [1.54, 1.807) is 17.0 Å². The van der Waals surface area contributed by atoms with Crippen molar-refractivity contribution >= 4 is 16.9 Å². The Balaban J connectivity index is 1.48. The molecular formula is C21H25NO4. The van der Waals surface area contributed by atoms with Gasteiger partial charge in [-0.2, -0.15) is 0 Å². The van der Waals surface area contributed by atoms with Gasteiger partial charge in [0.25, 0.3) is 5.91 Å². The number of carbonyl (C=O) groups excluding carboxylic acids is 1. The molecule has 5 heteroatoms. The van der Waals surface area contributed by atoms with Gasteiger partial charge < -0.3 is 14.1 Å². The third-order valence-electron chi connectivity index (χ3n) is 5.62. The van der Waals surface area contributed by atoms with E-state index in [0.29, 0.717) is 31.2 Å². The third-order valence-corrected chi connectivity index (χ3v) is 5.62. The first kappa shape index (κ1) is 17.3. The van der Waals surface area contributed by atoms with Crippen molar-refractivity contribution in [3.63, 3.8) is 0 Å². The Bertz CT molecular complexity index is 837. The number of hydrogen-bond donors (Lipinski definition) is 0. The van der Waals surface area contributed by atoms with Crippen molar-refractivity contribution in [2.45, 2.75) is 44.6 Å². The quantitative estimate of drug-likeness (QED) is 0.789. The maximum atomic E-state index is 12.9. The molecule has 2 aliphatic rings. The van der Waals surface area contributed by atoms with Crippen LogP contribution >= 0.6 is 0 Å². The van der Waals surface area contributed by atoms with Crippen molar-refractivity contribution in [2.75, 3.05) is 19.7 Å². The van der Waals surface area contributed by atoms with Gasteiger partial charge in [0.1, 0.15) is 11.1 Å². The van der Waals surface area contributed by atoms with Crippen molar-refractivity contribution < 1.29 is 13.9 Å². The molecule has 1 amide bonds. The minimum absolute atomic E-state index is 0.0725. The first-order valence-corrected chi connectivity index (χ1v) is 9.64. The fraction of sp³-hybridized carbons (Fsp3) is 0.524. The van der Waals surface area contributed by atoms with Crippen molar-refractivity contribution in [1.29, 1.82) is 0 Å². The predicted octanol–water partition coefficient (Wildman–Crippen LogP) is 3.60. The van der Waals surface area contributed by atoms with E-state index >= 15 is 0 Å². The lowest BCUT2D eigenvalue weighted by molar-refractivity contribution is -0.0338. The second kappa shape index (κ2) is 7.62. The van der Waals surface area contributed by atoms with Crippen LogP contribution in [0.2, 0.25) is 0 Å². The van der Waals surface area contributed by atoms with E-state index in [0.717, 1.165) is 11.8 Å². The van der Waals surface area contributed by atoms with E-state index in [-0.39, 0.29) is 17.6 Å². The van der Waals surface area contributed by atoms with Crippen LogP contribution in [0.1, 0.15) is 48.9 Å². The smallest absolute Gasteiger partial charge is 0.349 e. The Kier molecular flexibility index (Phi) is 5.07. The first-order valence-electron chi connectivity index (χ1n) is 9.64. The van der Waals surface area contributed by atoms with Gasteiger partial charge >= 0.3 is 5.63 Å². The van der Waals surface area contributed by atoms with E-state index in [2.05, 4.69) is 0 Å². The van der Waals surface area contributed by atoms with Gasteiger partial charge in [0, 0.05) is 18.5 Å². The molecule has 2 heterocycles. The van der Waals surface area contributed by atoms with E-state index < -0.39 is 5.63 Å². The zero-order valence-corrected chi connectivity index (χ0v) is 15.0. The number of hydrogen-bond acceptors (Lipinski definition) is 4. The van der Waals surface area contributed by atoms with Gasteiger partial charge in [-0.05, 0) is 24.5 Å². The second-order valence-corrected chi connectivity index (χ2v) is 7.47. The molecule has 1 saturated heterocycles. The monoisotopic (exact) mass is 355 g/mol. The molecule has 1 aromatic heterocycles. The molecule has 0 spiro atoms. The minimum Gasteiger partial charge on any atom is -0.422 e. The van der Waals surface area contributed by atoms with Crippen molar-refractivity contribution in [2.24, 2.45) is 5.92 Å². The SMILES string of the molecule is O=C(c1cc2ccccc2oc1=O)N1CCO[C@H](CC2CCCCC2)C1. The van der Waals surface area contributed by atoms with E-state index in [9.17, 15) is 9.59 Å². The van der Waals surface area contributed by atoms with Crippen LogP contribution in [0, 0.1) is 5.92 Å². The number of morpholine rings is 1. The summed E-state index contributed by atoms with van der Waals surface area (Å²) in [7, 11) is 0. The number of benzene rings is 1. The lowest BCUT2D eigenvalue weighted by Crippen LogP contribution is -2.47. The average Bonchev–Trinajstić information content (AvgIpc) is 2.68. The molecule has 2 aromatic rings. The highest BCUT2D eigenvalue weighted by Crippen LogP contribution is 2.29. The summed E-state index contributed by atoms with van der Waals surface area (Å²) in [4.78, 5) is 26.9. The van der Waals surface area contributed by atoms with Crippen LogP contribution in [-0.2, 0) is 4.74 Å². The van der Waals surface area contributed by atoms with Gasteiger partial charge in [0.05, 0.1) is 12.7 Å². The van der Waals surface area contributed by atoms with Gasteiger partial charge in [0.15, 0.2) is 0 Å². The van der Waals surface area contributed by atoms with Crippen LogP contribution in [-0.4, -0.2) is 36.6 Å². The summed E-state index contributed by atoms with van der Waals surface area (Å²) in [5, 5.41) is 0.766. The van der Waals surface area contributed by atoms with E-state index in [1.165, 1.54) is 32.1 Å². The van der Waals surface area contributed by atoms with E-state index in [1.807, 2.05) is 18.2 Å². The van der Waals surface area contributed by atoms with Crippen molar-refractivity contribution in [3.05, 3.63) is 46.3 Å². The van der Waals surface area contributed by atoms with Crippen LogP contribution in [0.25, 0.3) is 11.0 Å². The molecule has 1 aliphatic carbocycles. The molecule has 0 unspecified atom stereocenters. The molecule has 138 valence electrons. The molecule has 1 atom stereocenters. The predicted molar refractivity (Wildman–Crippen MR) is 99.3 cm³/mol. The lowest BCUT2D eigenvalue weighted by atomic mass is 9.85. The summed E-state index contributed by atoms with van der Waals surface area (Å²) < 4.78 is 11.2. The first-order chi connectivity index (χ1) is 12.7. The molecule has 1 saturated carbocycles. The van der Waals surface area contributed by atoms with Crippen LogP contribution in [0.3, 0.4) is 0 Å². The van der Waals surface area contributed by atoms with Gasteiger partial charge in [-0.3, -0.25) is 4.79 Å². The fourth-order valence-corrected chi connectivity index (χ4v) is 4.22. The number of rotatable bonds is 3. The summed E-state index contributed by atoms with van der Waals surface area (Å²) >= 11 is 0. The summed E-state index contributed by atoms with van der Waals surface area (Å²) in [5.41, 5.74) is 0.0530. The maximum absolute atomic E-state index is 12.9. The number of ether oxygens (including phenoxy) is 1. The van der Waals surface area contributed by atoms with Gasteiger partial charge in [-0.15, -0.1) is 0 Å². The highest BCUT2D eigenvalue weighted by atomic mass is 16.5. The largest absolute Gasteiger partial charge is 0.422 e. The number of fused-ring (bicyclic) bond motifs is 1. The molecule has 4 rings (SSSR count). The number of carbonyl (C=O) groups is 1. The number of nitrogens with zero attached hydrogens (tertiary/aromatic N) is 1. The molecule has 26 heavy (non-hydrogen) atoms. The Labute approximate surface area is 152 Å². The van der Waals surface area contributed by atoms with Crippen LogP contribution in [0.4, 0.5) is 0 Å². The number of para-hydroxylation sites is 1. The number of amides is 1. The topological polar surface area (TPSA) is 59.8 Å². The van der Waals surface area contributed by atoms with Crippen LogP contribution in [0.15, 0.2) is 39.5 Å². The summed E-state index contributed by atoms with van der Waals surface area (Å²) in [5.74, 6) is 0.455. The molecule has 0 N–H and O–H groups in total. The highest BCUT2D eigenvalue weighted by Gasteiger charge is 2.29. The molecule has 2 fully saturated rings. The Morgan fingerprint density at radius 3 is 2.81 bits per heavy atom. The normalized spacial score (nSPS) is 21.8. The lowest BCUT2D eigenvalue weighted by Gasteiger charge is -2.35.